The van der Waals surface area contributed by atoms with Crippen LogP contribution in [0.15, 0.2) is 0 Å². The molecule has 0 aliphatic heterocycles. The molecule has 0 aromatic heterocycles. The summed E-state index contributed by atoms with van der Waals surface area (Å²) in [6.07, 6.45) is 0. The van der Waals surface area contributed by atoms with E-state index in [1.165, 1.54) is 13.8 Å². The molecule has 13 heavy (non-hydrogen) atoms. The Morgan fingerprint density at radius 2 is 1.69 bits per heavy atom. The third-order valence-electron chi connectivity index (χ3n) is 1.96. The van der Waals surface area contributed by atoms with E-state index in [0.717, 1.165) is 6.92 Å². The first kappa shape index (κ1) is 11.8. The van der Waals surface area contributed by atoms with Crippen LogP contribution in [0.5, 0.6) is 0 Å². The molecule has 5 heteroatoms. The SMILES string of the molecule is CC(=O)C(=O)C(N)(C(=O)O)C(C)C. The van der Waals surface area contributed by atoms with E-state index < -0.39 is 29.0 Å². The number of rotatable bonds is 4. The Labute approximate surface area is 75.9 Å². The molecule has 0 aliphatic carbocycles. The molecule has 0 saturated carbocycles. The van der Waals surface area contributed by atoms with Gasteiger partial charge in [-0.15, -0.1) is 0 Å². The van der Waals surface area contributed by atoms with Crippen LogP contribution in [-0.4, -0.2) is 28.2 Å². The summed E-state index contributed by atoms with van der Waals surface area (Å²) in [5, 5.41) is 8.72. The minimum atomic E-state index is -2.09. The molecule has 0 fully saturated rings. The molecule has 3 N–H and O–H groups in total. The van der Waals surface area contributed by atoms with Gasteiger partial charge in [0, 0.05) is 6.92 Å². The molecular formula is C8H13NO4. The molecule has 0 heterocycles. The van der Waals surface area contributed by atoms with Gasteiger partial charge in [0.05, 0.1) is 0 Å². The topological polar surface area (TPSA) is 97.5 Å². The highest BCUT2D eigenvalue weighted by atomic mass is 16.4. The van der Waals surface area contributed by atoms with E-state index in [9.17, 15) is 14.4 Å². The fourth-order valence-corrected chi connectivity index (χ4v) is 0.898. The fourth-order valence-electron chi connectivity index (χ4n) is 0.898. The van der Waals surface area contributed by atoms with Crippen molar-refractivity contribution in [2.75, 3.05) is 0 Å². The Morgan fingerprint density at radius 3 is 1.77 bits per heavy atom. The van der Waals surface area contributed by atoms with Gasteiger partial charge in [-0.2, -0.15) is 0 Å². The van der Waals surface area contributed by atoms with Crippen molar-refractivity contribution in [1.29, 1.82) is 0 Å². The summed E-state index contributed by atoms with van der Waals surface area (Å²) < 4.78 is 0. The predicted molar refractivity (Wildman–Crippen MR) is 45.1 cm³/mol. The Balaban J connectivity index is 5.14. The zero-order valence-corrected chi connectivity index (χ0v) is 7.83. The van der Waals surface area contributed by atoms with Crippen LogP contribution in [0.3, 0.4) is 0 Å². The first-order valence-corrected chi connectivity index (χ1v) is 3.82. The van der Waals surface area contributed by atoms with Crippen molar-refractivity contribution < 1.29 is 19.5 Å². The molecule has 0 rings (SSSR count). The van der Waals surface area contributed by atoms with Crippen LogP contribution in [-0.2, 0) is 14.4 Å². The van der Waals surface area contributed by atoms with Gasteiger partial charge in [-0.05, 0) is 5.92 Å². The van der Waals surface area contributed by atoms with Gasteiger partial charge in [0.2, 0.25) is 5.78 Å². The van der Waals surface area contributed by atoms with E-state index in [-0.39, 0.29) is 0 Å². The van der Waals surface area contributed by atoms with E-state index >= 15 is 0 Å². The highest BCUT2D eigenvalue weighted by Crippen LogP contribution is 2.16. The molecule has 0 spiro atoms. The van der Waals surface area contributed by atoms with Crippen LogP contribution < -0.4 is 5.73 Å². The maximum Gasteiger partial charge on any atom is 0.332 e. The molecule has 0 bridgehead atoms. The smallest absolute Gasteiger partial charge is 0.332 e. The lowest BCUT2D eigenvalue weighted by molar-refractivity contribution is -0.153. The quantitative estimate of drug-likeness (QED) is 0.460. The number of Topliss-reactive ketones (excluding diaryl/α,β-unsaturated/α-hetero) is 2. The van der Waals surface area contributed by atoms with Crippen molar-refractivity contribution in [3.05, 3.63) is 0 Å². The molecule has 0 aromatic carbocycles. The molecule has 0 aromatic rings. The molecule has 1 atom stereocenters. The summed E-state index contributed by atoms with van der Waals surface area (Å²) >= 11 is 0. The number of carbonyl (C=O) groups is 3. The van der Waals surface area contributed by atoms with Crippen molar-refractivity contribution in [3.63, 3.8) is 0 Å². The van der Waals surface area contributed by atoms with E-state index in [1.807, 2.05) is 0 Å². The van der Waals surface area contributed by atoms with Crippen LogP contribution in [0.25, 0.3) is 0 Å². The van der Waals surface area contributed by atoms with Gasteiger partial charge in [0.1, 0.15) is 0 Å². The average molecular weight is 187 g/mol. The maximum absolute atomic E-state index is 11.2. The van der Waals surface area contributed by atoms with E-state index in [1.54, 1.807) is 0 Å². The van der Waals surface area contributed by atoms with E-state index in [2.05, 4.69) is 0 Å². The second-order valence-corrected chi connectivity index (χ2v) is 3.21. The first-order valence-electron chi connectivity index (χ1n) is 3.82. The number of hydrogen-bond acceptors (Lipinski definition) is 4. The zero-order chi connectivity index (χ0) is 10.8. The molecular weight excluding hydrogens is 174 g/mol. The van der Waals surface area contributed by atoms with Crippen LogP contribution in [0, 0.1) is 5.92 Å². The number of aliphatic carboxylic acids is 1. The van der Waals surface area contributed by atoms with Crippen molar-refractivity contribution in [3.8, 4) is 0 Å². The molecule has 0 aliphatic rings. The first-order chi connectivity index (χ1) is 5.74. The zero-order valence-electron chi connectivity index (χ0n) is 7.83. The second-order valence-electron chi connectivity index (χ2n) is 3.21. The average Bonchev–Trinajstić information content (AvgIpc) is 2.00. The number of carboxylic acids is 1. The second kappa shape index (κ2) is 3.66. The minimum absolute atomic E-state index is 0.624. The van der Waals surface area contributed by atoms with Crippen LogP contribution in [0.1, 0.15) is 20.8 Å². The minimum Gasteiger partial charge on any atom is -0.480 e. The van der Waals surface area contributed by atoms with Gasteiger partial charge in [0.15, 0.2) is 11.3 Å². The molecule has 0 amide bonds. The van der Waals surface area contributed by atoms with Gasteiger partial charge < -0.3 is 10.8 Å². The van der Waals surface area contributed by atoms with Gasteiger partial charge in [-0.25, -0.2) is 4.79 Å². The number of nitrogens with two attached hydrogens (primary N) is 1. The summed E-state index contributed by atoms with van der Waals surface area (Å²) in [4.78, 5) is 32.6. The largest absolute Gasteiger partial charge is 0.480 e. The molecule has 1 unspecified atom stereocenters. The Morgan fingerprint density at radius 1 is 1.31 bits per heavy atom. The van der Waals surface area contributed by atoms with Crippen molar-refractivity contribution in [1.82, 2.24) is 0 Å². The number of ketones is 2. The van der Waals surface area contributed by atoms with Gasteiger partial charge in [-0.3, -0.25) is 9.59 Å². The summed E-state index contributed by atoms with van der Waals surface area (Å²) in [7, 11) is 0. The van der Waals surface area contributed by atoms with E-state index in [4.69, 9.17) is 10.8 Å². The summed E-state index contributed by atoms with van der Waals surface area (Å²) in [6.45, 7) is 3.97. The van der Waals surface area contributed by atoms with Crippen LogP contribution >= 0.6 is 0 Å². The van der Waals surface area contributed by atoms with Crippen molar-refractivity contribution >= 4 is 17.5 Å². The number of carboxylic acid groups (broad SMARTS) is 1. The summed E-state index contributed by atoms with van der Waals surface area (Å²) in [6, 6.07) is 0. The molecule has 0 radical (unpaired) electrons. The Hall–Kier alpha value is -1.23. The normalized spacial score (nSPS) is 15.2. The van der Waals surface area contributed by atoms with E-state index in [0.29, 0.717) is 0 Å². The Bertz CT molecular complexity index is 259. The third-order valence-corrected chi connectivity index (χ3v) is 1.96. The van der Waals surface area contributed by atoms with Crippen LogP contribution in [0.4, 0.5) is 0 Å². The highest BCUT2D eigenvalue weighted by molar-refractivity contribution is 6.43. The van der Waals surface area contributed by atoms with Crippen LogP contribution in [0.2, 0.25) is 0 Å². The highest BCUT2D eigenvalue weighted by Gasteiger charge is 2.46. The maximum atomic E-state index is 11.2. The van der Waals surface area contributed by atoms with Gasteiger partial charge >= 0.3 is 5.97 Å². The lowest BCUT2D eigenvalue weighted by Crippen LogP contribution is -2.60. The predicted octanol–water partition coefficient (Wildman–Crippen LogP) is -0.417. The van der Waals surface area contributed by atoms with Gasteiger partial charge in [-0.1, -0.05) is 13.8 Å². The standard InChI is InChI=1S/C8H13NO4/c1-4(2)8(9,7(12)13)6(11)5(3)10/h4H,9H2,1-3H3,(H,12,13). The lowest BCUT2D eigenvalue weighted by atomic mass is 9.82. The van der Waals surface area contributed by atoms with Crippen molar-refractivity contribution in [2.24, 2.45) is 11.7 Å². The number of hydrogen-bond donors (Lipinski definition) is 2. The Kier molecular flexibility index (Phi) is 3.31. The summed E-state index contributed by atoms with van der Waals surface area (Å²) in [5.41, 5.74) is 3.27. The monoisotopic (exact) mass is 187 g/mol. The van der Waals surface area contributed by atoms with Gasteiger partial charge in [0.25, 0.3) is 0 Å². The lowest BCUT2D eigenvalue weighted by Gasteiger charge is -2.25. The third kappa shape index (κ3) is 1.92. The number of carbonyl (C=O) groups excluding carboxylic acids is 2. The molecule has 74 valence electrons. The summed E-state index contributed by atoms with van der Waals surface area (Å²) in [5.74, 6) is -3.99. The van der Waals surface area contributed by atoms with Crippen molar-refractivity contribution in [2.45, 2.75) is 26.3 Å². The molecule has 5 nitrogen and oxygen atoms in total. The molecule has 0 saturated heterocycles. The fraction of sp³-hybridized carbons (Fsp3) is 0.625.